The zero-order valence-corrected chi connectivity index (χ0v) is 16.0. The maximum Gasteiger partial charge on any atom is 0.472 e. The van der Waals surface area contributed by atoms with Crippen LogP contribution in [0.2, 0.25) is 0 Å². The number of aromatic hydroxyl groups is 1. The van der Waals surface area contributed by atoms with E-state index in [9.17, 15) is 24.5 Å². The summed E-state index contributed by atoms with van der Waals surface area (Å²) in [7, 11) is -4.32. The number of ether oxygens (including phenoxy) is 1. The maximum absolute atomic E-state index is 12.4. The number of aromatic amines is 1. The van der Waals surface area contributed by atoms with Crippen LogP contribution in [0.15, 0.2) is 29.1 Å². The minimum Gasteiger partial charge on any atom is -0.508 e. The highest BCUT2D eigenvalue weighted by atomic mass is 31.2. The molecule has 6 N–H and O–H groups in total. The summed E-state index contributed by atoms with van der Waals surface area (Å²) in [6.45, 7) is -0.274. The van der Waals surface area contributed by atoms with Gasteiger partial charge in [0.05, 0.1) is 6.61 Å². The summed E-state index contributed by atoms with van der Waals surface area (Å²) in [5.41, 5.74) is 5.56. The molecule has 0 saturated carbocycles. The van der Waals surface area contributed by atoms with Crippen molar-refractivity contribution in [3.63, 3.8) is 0 Å². The summed E-state index contributed by atoms with van der Waals surface area (Å²) in [5, 5.41) is 20.4. The van der Waals surface area contributed by atoms with Crippen LogP contribution in [-0.4, -0.2) is 59.5 Å². The predicted octanol–water partition coefficient (Wildman–Crippen LogP) is -0.152. The fraction of sp³-hybridized carbons (Fsp3) is 0.312. The molecule has 0 bridgehead atoms. The zero-order chi connectivity index (χ0) is 21.2. The highest BCUT2D eigenvalue weighted by Crippen LogP contribution is 2.52. The van der Waals surface area contributed by atoms with E-state index in [-0.39, 0.29) is 35.3 Å². The molecule has 2 aliphatic rings. The molecule has 1 aromatic carbocycles. The van der Waals surface area contributed by atoms with Gasteiger partial charge in [0.25, 0.3) is 5.56 Å². The van der Waals surface area contributed by atoms with Crippen molar-refractivity contribution in [1.29, 1.82) is 0 Å². The van der Waals surface area contributed by atoms with Gasteiger partial charge in [0, 0.05) is 5.56 Å². The Morgan fingerprint density at radius 3 is 2.73 bits per heavy atom. The molecule has 13 nitrogen and oxygen atoms in total. The number of nitrogens with zero attached hydrogens (tertiary/aromatic N) is 3. The third kappa shape index (κ3) is 2.99. The molecule has 2 fully saturated rings. The minimum atomic E-state index is -4.32. The van der Waals surface area contributed by atoms with Crippen molar-refractivity contribution in [3.05, 3.63) is 34.6 Å². The Morgan fingerprint density at radius 2 is 2.00 bits per heavy atom. The highest BCUT2D eigenvalue weighted by molar-refractivity contribution is 7.47. The first-order valence-electron chi connectivity index (χ1n) is 8.80. The van der Waals surface area contributed by atoms with Gasteiger partial charge in [0.1, 0.15) is 29.9 Å². The number of hydrogen-bond acceptors (Lipinski definition) is 10. The maximum atomic E-state index is 12.4. The quantitative estimate of drug-likeness (QED) is 0.334. The van der Waals surface area contributed by atoms with E-state index in [1.807, 2.05) is 0 Å². The Bertz CT molecular complexity index is 1240. The largest absolute Gasteiger partial charge is 0.508 e. The number of phenols is 1. The molecule has 0 spiro atoms. The first kappa shape index (κ1) is 19.2. The summed E-state index contributed by atoms with van der Waals surface area (Å²) >= 11 is 0. The van der Waals surface area contributed by atoms with Gasteiger partial charge in [-0.15, -0.1) is 0 Å². The molecule has 30 heavy (non-hydrogen) atoms. The molecular formula is C16H16N5O8P. The lowest BCUT2D eigenvalue weighted by Gasteiger charge is -2.27. The van der Waals surface area contributed by atoms with Gasteiger partial charge in [-0.25, -0.2) is 9.55 Å². The Kier molecular flexibility index (Phi) is 4.22. The van der Waals surface area contributed by atoms with E-state index in [0.29, 0.717) is 5.56 Å². The number of phosphoric acid groups is 1. The Morgan fingerprint density at radius 1 is 1.27 bits per heavy atom. The monoisotopic (exact) mass is 437 g/mol. The number of fused-ring (bicyclic) bond motifs is 2. The minimum absolute atomic E-state index is 0.0223. The predicted molar refractivity (Wildman–Crippen MR) is 100 cm³/mol. The first-order chi connectivity index (χ1) is 14.2. The fourth-order valence-corrected chi connectivity index (χ4v) is 4.57. The Balaban J connectivity index is 1.70. The van der Waals surface area contributed by atoms with E-state index in [1.54, 1.807) is 12.1 Å². The molecule has 0 amide bonds. The molecule has 5 rings (SSSR count). The van der Waals surface area contributed by atoms with Crippen molar-refractivity contribution in [2.75, 3.05) is 12.3 Å². The van der Waals surface area contributed by atoms with Crippen molar-refractivity contribution < 1.29 is 33.5 Å². The second-order valence-corrected chi connectivity index (χ2v) is 8.27. The van der Waals surface area contributed by atoms with Crippen molar-refractivity contribution in [2.45, 2.75) is 24.5 Å². The Labute approximate surface area is 167 Å². The number of phenolic OH excluding ortho intramolecular Hbond substituents is 1. The van der Waals surface area contributed by atoms with Crippen LogP contribution in [0.4, 0.5) is 5.95 Å². The number of anilines is 1. The number of aliphatic hydroxyl groups is 1. The molecule has 4 heterocycles. The van der Waals surface area contributed by atoms with Gasteiger partial charge < -0.3 is 25.6 Å². The van der Waals surface area contributed by atoms with Crippen LogP contribution in [0.25, 0.3) is 22.6 Å². The van der Waals surface area contributed by atoms with Gasteiger partial charge >= 0.3 is 7.82 Å². The second-order valence-electron chi connectivity index (χ2n) is 6.87. The smallest absolute Gasteiger partial charge is 0.472 e. The van der Waals surface area contributed by atoms with E-state index in [4.69, 9.17) is 19.5 Å². The number of nitrogens with one attached hydrogen (secondary N) is 1. The van der Waals surface area contributed by atoms with Crippen molar-refractivity contribution in [3.8, 4) is 17.1 Å². The first-order valence-corrected chi connectivity index (χ1v) is 10.3. The van der Waals surface area contributed by atoms with Crippen LogP contribution in [0.5, 0.6) is 5.75 Å². The number of H-pyrrole nitrogens is 1. The Hall–Kier alpha value is -2.80. The summed E-state index contributed by atoms with van der Waals surface area (Å²) in [6, 6.07) is 5.96. The van der Waals surface area contributed by atoms with Gasteiger partial charge in [-0.05, 0) is 24.3 Å². The van der Waals surface area contributed by atoms with Crippen LogP contribution in [-0.2, 0) is 18.3 Å². The molecule has 2 aliphatic heterocycles. The number of nitrogens with two attached hydrogens (primary N) is 1. The summed E-state index contributed by atoms with van der Waals surface area (Å²) < 4.78 is 28.7. The second kappa shape index (κ2) is 6.60. The lowest BCUT2D eigenvalue weighted by molar-refractivity contribution is -0.0660. The van der Waals surface area contributed by atoms with Gasteiger partial charge in [0.2, 0.25) is 5.95 Å². The number of hydrogen-bond donors (Lipinski definition) is 5. The van der Waals surface area contributed by atoms with Gasteiger partial charge in [-0.1, -0.05) is 0 Å². The standard InChI is InChI=1S/C16H16N5O8P/c17-16-19-13-9(14(24)20-16)18-12(6-1-3-7(22)4-2-6)21(13)15-10(23)11-8(28-15)5-27-30(25,26)29-11/h1-4,8,10-11,15,22-23H,5H2,(H,25,26)(H3,17,19,20,24)/t8?,10?,11-,15-/m1/s1. The molecule has 2 saturated heterocycles. The SMILES string of the molecule is Nc1nc2c(nc(-c3ccc(O)cc3)n2[C@@H]2OC3COP(=O)(O)O[C@H]3C2O)c(=O)[nH]1. The van der Waals surface area contributed by atoms with Gasteiger partial charge in [0.15, 0.2) is 17.4 Å². The highest BCUT2D eigenvalue weighted by Gasteiger charge is 2.53. The molecular weight excluding hydrogens is 421 g/mol. The van der Waals surface area contributed by atoms with Crippen LogP contribution < -0.4 is 11.3 Å². The van der Waals surface area contributed by atoms with Crippen LogP contribution in [0.1, 0.15) is 6.23 Å². The molecule has 5 atom stereocenters. The van der Waals surface area contributed by atoms with Gasteiger partial charge in [-0.3, -0.25) is 23.4 Å². The molecule has 3 unspecified atom stereocenters. The third-order valence-electron chi connectivity index (χ3n) is 4.92. The number of aromatic nitrogens is 4. The van der Waals surface area contributed by atoms with Crippen molar-refractivity contribution >= 4 is 24.9 Å². The average Bonchev–Trinajstić information content (AvgIpc) is 3.20. The molecule has 0 aliphatic carbocycles. The van der Waals surface area contributed by atoms with Crippen LogP contribution >= 0.6 is 7.82 Å². The number of rotatable bonds is 2. The topological polar surface area (TPSA) is 195 Å². The van der Waals surface area contributed by atoms with E-state index >= 15 is 0 Å². The number of benzene rings is 1. The number of aliphatic hydroxyl groups excluding tert-OH is 1. The van der Waals surface area contributed by atoms with Crippen LogP contribution in [0, 0.1) is 0 Å². The molecule has 3 aromatic rings. The third-order valence-corrected chi connectivity index (χ3v) is 5.90. The summed E-state index contributed by atoms with van der Waals surface area (Å²) in [5.74, 6) is 0.0497. The van der Waals surface area contributed by atoms with Gasteiger partial charge in [-0.2, -0.15) is 4.98 Å². The summed E-state index contributed by atoms with van der Waals surface area (Å²) in [4.78, 5) is 32.8. The molecule has 2 aromatic heterocycles. The van der Waals surface area contributed by atoms with Crippen molar-refractivity contribution in [2.24, 2.45) is 0 Å². The number of phosphoric ester groups is 1. The lowest BCUT2D eigenvalue weighted by Crippen LogP contribution is -2.39. The summed E-state index contributed by atoms with van der Waals surface area (Å²) in [6.07, 6.45) is -4.58. The van der Waals surface area contributed by atoms with E-state index < -0.39 is 37.9 Å². The fourth-order valence-electron chi connectivity index (χ4n) is 3.61. The molecule has 0 radical (unpaired) electrons. The number of nitrogen functional groups attached to an aromatic ring is 1. The van der Waals surface area contributed by atoms with Crippen LogP contribution in [0.3, 0.4) is 0 Å². The van der Waals surface area contributed by atoms with E-state index in [1.165, 1.54) is 16.7 Å². The van der Waals surface area contributed by atoms with E-state index in [0.717, 1.165) is 0 Å². The molecule has 158 valence electrons. The molecule has 14 heteroatoms. The average molecular weight is 437 g/mol. The van der Waals surface area contributed by atoms with E-state index in [2.05, 4.69) is 15.0 Å². The normalized spacial score (nSPS) is 31.1. The number of imidazole rings is 1. The van der Waals surface area contributed by atoms with Crippen molar-refractivity contribution in [1.82, 2.24) is 19.5 Å². The lowest BCUT2D eigenvalue weighted by atomic mass is 10.1. The zero-order valence-electron chi connectivity index (χ0n) is 15.1.